The van der Waals surface area contributed by atoms with Crippen LogP contribution in [0.4, 0.5) is 4.39 Å². The number of halogens is 1. The van der Waals surface area contributed by atoms with Crippen LogP contribution in [0, 0.1) is 30.0 Å². The number of carboxylic acids is 1. The summed E-state index contributed by atoms with van der Waals surface area (Å²) >= 11 is 0. The SMILES string of the molecule is Cc1cc(F)ccc1C1C(CC(=O)O)CCCC1N(CCC(C)(C)C)CC1CCCCC1. The lowest BCUT2D eigenvalue weighted by Gasteiger charge is -2.46. The Kier molecular flexibility index (Phi) is 8.77. The molecule has 3 atom stereocenters. The molecule has 0 heterocycles. The Hall–Kier alpha value is -1.42. The Morgan fingerprint density at radius 2 is 1.81 bits per heavy atom. The average Bonchev–Trinajstić information content (AvgIpc) is 2.71. The van der Waals surface area contributed by atoms with Gasteiger partial charge in [-0.05, 0) is 86.1 Å². The van der Waals surface area contributed by atoms with Gasteiger partial charge in [-0.2, -0.15) is 0 Å². The molecule has 3 unspecified atom stereocenters. The minimum Gasteiger partial charge on any atom is -0.481 e. The van der Waals surface area contributed by atoms with Crippen LogP contribution in [-0.2, 0) is 4.79 Å². The van der Waals surface area contributed by atoms with Crippen molar-refractivity contribution in [1.82, 2.24) is 4.90 Å². The lowest BCUT2D eigenvalue weighted by Crippen LogP contribution is -2.48. The molecule has 0 aliphatic heterocycles. The molecule has 4 heteroatoms. The number of benzene rings is 1. The van der Waals surface area contributed by atoms with Crippen LogP contribution in [0.1, 0.15) is 102 Å². The van der Waals surface area contributed by atoms with E-state index in [4.69, 9.17) is 0 Å². The van der Waals surface area contributed by atoms with Gasteiger partial charge in [-0.3, -0.25) is 9.69 Å². The number of carboxylic acid groups (broad SMARTS) is 1. The molecule has 180 valence electrons. The Bertz CT molecular complexity index is 750. The summed E-state index contributed by atoms with van der Waals surface area (Å²) < 4.78 is 13.9. The maximum atomic E-state index is 13.9. The van der Waals surface area contributed by atoms with Crippen LogP contribution in [0.25, 0.3) is 0 Å². The minimum atomic E-state index is -0.714. The van der Waals surface area contributed by atoms with Crippen LogP contribution in [0.15, 0.2) is 18.2 Å². The maximum absolute atomic E-state index is 13.9. The molecule has 3 rings (SSSR count). The second-order valence-electron chi connectivity index (χ2n) is 11.7. The van der Waals surface area contributed by atoms with Gasteiger partial charge in [0.05, 0.1) is 0 Å². The van der Waals surface area contributed by atoms with Crippen molar-refractivity contribution in [2.45, 2.75) is 104 Å². The number of rotatable bonds is 8. The van der Waals surface area contributed by atoms with E-state index in [9.17, 15) is 14.3 Å². The lowest BCUT2D eigenvalue weighted by atomic mass is 9.69. The summed E-state index contributed by atoms with van der Waals surface area (Å²) in [6.45, 7) is 11.1. The van der Waals surface area contributed by atoms with E-state index in [-0.39, 0.29) is 29.5 Å². The molecule has 2 fully saturated rings. The van der Waals surface area contributed by atoms with E-state index in [1.54, 1.807) is 12.1 Å². The first-order valence-electron chi connectivity index (χ1n) is 12.9. The van der Waals surface area contributed by atoms with Gasteiger partial charge in [0.15, 0.2) is 0 Å². The Labute approximate surface area is 194 Å². The van der Waals surface area contributed by atoms with Crippen LogP contribution < -0.4 is 0 Å². The summed E-state index contributed by atoms with van der Waals surface area (Å²) in [5.41, 5.74) is 2.39. The molecule has 0 amide bonds. The van der Waals surface area contributed by atoms with E-state index in [1.165, 1.54) is 32.1 Å². The number of nitrogens with zero attached hydrogens (tertiary/aromatic N) is 1. The number of hydrogen-bond donors (Lipinski definition) is 1. The summed E-state index contributed by atoms with van der Waals surface area (Å²) in [5.74, 6) is 0.0931. The molecule has 1 aromatic carbocycles. The number of aliphatic carboxylic acids is 1. The van der Waals surface area contributed by atoms with Crippen molar-refractivity contribution in [2.24, 2.45) is 17.3 Å². The summed E-state index contributed by atoms with van der Waals surface area (Å²) in [6.07, 6.45) is 11.1. The largest absolute Gasteiger partial charge is 0.481 e. The average molecular weight is 446 g/mol. The second kappa shape index (κ2) is 11.1. The molecule has 0 saturated heterocycles. The summed E-state index contributed by atoms with van der Waals surface area (Å²) in [4.78, 5) is 14.5. The number of carbonyl (C=O) groups is 1. The van der Waals surface area contributed by atoms with Gasteiger partial charge in [0.25, 0.3) is 0 Å². The third kappa shape index (κ3) is 7.04. The standard InChI is InChI=1S/C28H44FNO2/c1-20-17-23(29)13-14-24(20)27-22(18-26(31)32)11-8-12-25(27)30(16-15-28(2,3)4)19-21-9-6-5-7-10-21/h13-14,17,21-22,25,27H,5-12,15-16,18-19H2,1-4H3,(H,31,32). The van der Waals surface area contributed by atoms with Gasteiger partial charge in [0.1, 0.15) is 5.82 Å². The Balaban J connectivity index is 1.94. The first kappa shape index (κ1) is 25.2. The molecule has 32 heavy (non-hydrogen) atoms. The van der Waals surface area contributed by atoms with E-state index in [2.05, 4.69) is 25.7 Å². The minimum absolute atomic E-state index is 0.110. The van der Waals surface area contributed by atoms with Crippen molar-refractivity contribution in [3.8, 4) is 0 Å². The van der Waals surface area contributed by atoms with E-state index in [0.29, 0.717) is 6.04 Å². The summed E-state index contributed by atoms with van der Waals surface area (Å²) in [6, 6.07) is 5.46. The smallest absolute Gasteiger partial charge is 0.303 e. The van der Waals surface area contributed by atoms with E-state index >= 15 is 0 Å². The molecular formula is C28H44FNO2. The topological polar surface area (TPSA) is 40.5 Å². The van der Waals surface area contributed by atoms with Crippen molar-refractivity contribution in [3.05, 3.63) is 35.1 Å². The third-order valence-electron chi connectivity index (χ3n) is 7.86. The van der Waals surface area contributed by atoms with Gasteiger partial charge >= 0.3 is 5.97 Å². The first-order valence-corrected chi connectivity index (χ1v) is 12.9. The zero-order valence-corrected chi connectivity index (χ0v) is 20.7. The van der Waals surface area contributed by atoms with Crippen molar-refractivity contribution in [2.75, 3.05) is 13.1 Å². The molecule has 1 aromatic rings. The first-order chi connectivity index (χ1) is 15.1. The van der Waals surface area contributed by atoms with E-state index in [1.807, 2.05) is 13.0 Å². The van der Waals surface area contributed by atoms with Gasteiger partial charge in [0, 0.05) is 24.9 Å². The van der Waals surface area contributed by atoms with Crippen molar-refractivity contribution in [1.29, 1.82) is 0 Å². The molecule has 0 spiro atoms. The van der Waals surface area contributed by atoms with Crippen LogP contribution in [0.5, 0.6) is 0 Å². The molecule has 0 radical (unpaired) electrons. The Morgan fingerprint density at radius 3 is 2.44 bits per heavy atom. The molecule has 0 bridgehead atoms. The van der Waals surface area contributed by atoms with E-state index in [0.717, 1.165) is 55.8 Å². The predicted molar refractivity (Wildman–Crippen MR) is 129 cm³/mol. The summed E-state index contributed by atoms with van der Waals surface area (Å²) in [5, 5.41) is 9.67. The summed E-state index contributed by atoms with van der Waals surface area (Å²) in [7, 11) is 0. The van der Waals surface area contributed by atoms with Crippen LogP contribution >= 0.6 is 0 Å². The van der Waals surface area contributed by atoms with Crippen molar-refractivity contribution < 1.29 is 14.3 Å². The molecule has 0 aromatic heterocycles. The van der Waals surface area contributed by atoms with Gasteiger partial charge in [-0.15, -0.1) is 0 Å². The molecule has 2 aliphatic carbocycles. The molecule has 2 aliphatic rings. The fourth-order valence-corrected chi connectivity index (χ4v) is 6.17. The lowest BCUT2D eigenvalue weighted by molar-refractivity contribution is -0.138. The normalized spacial score (nSPS) is 25.2. The molecule has 2 saturated carbocycles. The monoisotopic (exact) mass is 445 g/mol. The van der Waals surface area contributed by atoms with Crippen LogP contribution in [0.3, 0.4) is 0 Å². The predicted octanol–water partition coefficient (Wildman–Crippen LogP) is 7.18. The zero-order chi connectivity index (χ0) is 23.3. The highest BCUT2D eigenvalue weighted by atomic mass is 19.1. The van der Waals surface area contributed by atoms with E-state index < -0.39 is 5.97 Å². The third-order valence-corrected chi connectivity index (χ3v) is 7.86. The second-order valence-corrected chi connectivity index (χ2v) is 11.7. The molecule has 1 N–H and O–H groups in total. The fraction of sp³-hybridized carbons (Fsp3) is 0.750. The fourth-order valence-electron chi connectivity index (χ4n) is 6.17. The maximum Gasteiger partial charge on any atom is 0.303 e. The molecule has 3 nitrogen and oxygen atoms in total. The van der Waals surface area contributed by atoms with Gasteiger partial charge in [0.2, 0.25) is 0 Å². The highest BCUT2D eigenvalue weighted by Crippen LogP contribution is 2.44. The van der Waals surface area contributed by atoms with Crippen LogP contribution in [0.2, 0.25) is 0 Å². The Morgan fingerprint density at radius 1 is 1.09 bits per heavy atom. The van der Waals surface area contributed by atoms with Gasteiger partial charge < -0.3 is 5.11 Å². The quantitative estimate of drug-likeness (QED) is 0.461. The highest BCUT2D eigenvalue weighted by molar-refractivity contribution is 5.67. The van der Waals surface area contributed by atoms with Gasteiger partial charge in [-0.25, -0.2) is 4.39 Å². The number of aryl methyl sites for hydroxylation is 1. The van der Waals surface area contributed by atoms with Crippen molar-refractivity contribution in [3.63, 3.8) is 0 Å². The number of hydrogen-bond acceptors (Lipinski definition) is 2. The molecular weight excluding hydrogens is 401 g/mol. The highest BCUT2D eigenvalue weighted by Gasteiger charge is 2.40. The van der Waals surface area contributed by atoms with Crippen molar-refractivity contribution >= 4 is 5.97 Å². The zero-order valence-electron chi connectivity index (χ0n) is 20.7. The van der Waals surface area contributed by atoms with Gasteiger partial charge in [-0.1, -0.05) is 52.5 Å². The van der Waals surface area contributed by atoms with Crippen LogP contribution in [-0.4, -0.2) is 35.1 Å².